The molecule has 0 aromatic rings. The molecule has 0 aliphatic heterocycles. The second kappa shape index (κ2) is 7.21. The van der Waals surface area contributed by atoms with Crippen LogP contribution in [0.5, 0.6) is 0 Å². The number of nitrogens with one attached hydrogen (secondary N) is 1. The Hall–Kier alpha value is -0.170. The first-order valence-corrected chi connectivity index (χ1v) is 7.25. The predicted molar refractivity (Wildman–Crippen MR) is 65.3 cm³/mol. The number of aliphatic hydroxyl groups is 1. The molecule has 0 aromatic heterocycles. The normalized spacial score (nSPS) is 16.4. The Labute approximate surface area is 99.0 Å². The van der Waals surface area contributed by atoms with Crippen LogP contribution in [0.3, 0.4) is 0 Å². The molecule has 98 valence electrons. The molecule has 0 aliphatic carbocycles. The second-order valence-electron chi connectivity index (χ2n) is 3.89. The van der Waals surface area contributed by atoms with Crippen molar-refractivity contribution in [1.29, 1.82) is 0 Å². The van der Waals surface area contributed by atoms with Gasteiger partial charge < -0.3 is 5.11 Å². The van der Waals surface area contributed by atoms with E-state index in [1.165, 1.54) is 4.31 Å². The summed E-state index contributed by atoms with van der Waals surface area (Å²) in [7, 11) is -3.44. The quantitative estimate of drug-likeness (QED) is 0.663. The molecule has 0 saturated carbocycles. The first-order chi connectivity index (χ1) is 7.38. The molecular weight excluding hydrogens is 228 g/mol. The smallest absolute Gasteiger partial charge is 0.279 e. The molecule has 0 aliphatic rings. The minimum absolute atomic E-state index is 0.0772. The Balaban J connectivity index is 4.28. The Kier molecular flexibility index (Phi) is 7.14. The Morgan fingerprint density at radius 3 is 2.12 bits per heavy atom. The van der Waals surface area contributed by atoms with E-state index in [0.717, 1.165) is 6.42 Å². The third kappa shape index (κ3) is 4.78. The number of hydrogen-bond donors (Lipinski definition) is 2. The van der Waals surface area contributed by atoms with Crippen molar-refractivity contribution in [3.8, 4) is 0 Å². The van der Waals surface area contributed by atoms with Gasteiger partial charge >= 0.3 is 0 Å². The molecule has 0 heterocycles. The van der Waals surface area contributed by atoms with Crippen molar-refractivity contribution in [3.63, 3.8) is 0 Å². The molecule has 0 rings (SSSR count). The van der Waals surface area contributed by atoms with Gasteiger partial charge in [0.2, 0.25) is 0 Å². The standard InChI is InChI=1S/C10H24N2O3S/c1-5-9(4)10(13)8-11-16(14,15)12(6-2)7-3/h9-11,13H,5-8H2,1-4H3. The summed E-state index contributed by atoms with van der Waals surface area (Å²) in [6, 6.07) is 0. The van der Waals surface area contributed by atoms with Gasteiger partial charge in [0, 0.05) is 19.6 Å². The second-order valence-corrected chi connectivity index (χ2v) is 5.65. The minimum atomic E-state index is -3.44. The van der Waals surface area contributed by atoms with E-state index < -0.39 is 16.3 Å². The molecule has 5 nitrogen and oxygen atoms in total. The molecule has 0 bridgehead atoms. The maximum atomic E-state index is 11.7. The summed E-state index contributed by atoms with van der Waals surface area (Å²) < 4.78 is 27.2. The van der Waals surface area contributed by atoms with Gasteiger partial charge in [-0.2, -0.15) is 17.4 Å². The summed E-state index contributed by atoms with van der Waals surface area (Å²) in [6.07, 6.45) is 0.198. The summed E-state index contributed by atoms with van der Waals surface area (Å²) >= 11 is 0. The van der Waals surface area contributed by atoms with Crippen molar-refractivity contribution in [2.75, 3.05) is 19.6 Å². The van der Waals surface area contributed by atoms with Gasteiger partial charge in [-0.25, -0.2) is 0 Å². The highest BCUT2D eigenvalue weighted by molar-refractivity contribution is 7.87. The summed E-state index contributed by atoms with van der Waals surface area (Å²) in [4.78, 5) is 0. The van der Waals surface area contributed by atoms with Gasteiger partial charge in [-0.1, -0.05) is 34.1 Å². The van der Waals surface area contributed by atoms with Gasteiger partial charge in [-0.15, -0.1) is 0 Å². The van der Waals surface area contributed by atoms with Gasteiger partial charge in [0.05, 0.1) is 6.10 Å². The summed E-state index contributed by atoms with van der Waals surface area (Å²) in [5.41, 5.74) is 0. The molecule has 0 radical (unpaired) electrons. The monoisotopic (exact) mass is 252 g/mol. The van der Waals surface area contributed by atoms with Gasteiger partial charge in [-0.3, -0.25) is 0 Å². The van der Waals surface area contributed by atoms with Crippen LogP contribution in [0.2, 0.25) is 0 Å². The van der Waals surface area contributed by atoms with Gasteiger partial charge in [0.1, 0.15) is 0 Å². The van der Waals surface area contributed by atoms with Crippen LogP contribution in [-0.4, -0.2) is 43.6 Å². The fourth-order valence-electron chi connectivity index (χ4n) is 1.32. The average Bonchev–Trinajstić information content (AvgIpc) is 2.26. The van der Waals surface area contributed by atoms with E-state index in [9.17, 15) is 13.5 Å². The van der Waals surface area contributed by atoms with Gasteiger partial charge in [-0.05, 0) is 5.92 Å². The van der Waals surface area contributed by atoms with Crippen molar-refractivity contribution in [2.45, 2.75) is 40.2 Å². The van der Waals surface area contributed by atoms with Crippen LogP contribution < -0.4 is 4.72 Å². The van der Waals surface area contributed by atoms with E-state index >= 15 is 0 Å². The lowest BCUT2D eigenvalue weighted by Gasteiger charge is -2.22. The van der Waals surface area contributed by atoms with Crippen LogP contribution in [0.25, 0.3) is 0 Å². The van der Waals surface area contributed by atoms with Crippen molar-refractivity contribution >= 4 is 10.2 Å². The third-order valence-electron chi connectivity index (χ3n) is 2.82. The fraction of sp³-hybridized carbons (Fsp3) is 1.00. The van der Waals surface area contributed by atoms with E-state index in [2.05, 4.69) is 4.72 Å². The third-order valence-corrected chi connectivity index (χ3v) is 4.55. The van der Waals surface area contributed by atoms with Crippen LogP contribution >= 0.6 is 0 Å². The molecule has 6 heteroatoms. The molecule has 0 amide bonds. The number of hydrogen-bond acceptors (Lipinski definition) is 3. The SMILES string of the molecule is CCC(C)C(O)CNS(=O)(=O)N(CC)CC. The van der Waals surface area contributed by atoms with Crippen LogP contribution in [0.15, 0.2) is 0 Å². The van der Waals surface area contributed by atoms with Crippen molar-refractivity contribution in [2.24, 2.45) is 5.92 Å². The van der Waals surface area contributed by atoms with Crippen LogP contribution in [0, 0.1) is 5.92 Å². The number of aliphatic hydroxyl groups excluding tert-OH is 1. The van der Waals surface area contributed by atoms with E-state index in [1.807, 2.05) is 13.8 Å². The summed E-state index contributed by atoms with van der Waals surface area (Å²) in [6.45, 7) is 8.38. The Bertz CT molecular complexity index is 276. The predicted octanol–water partition coefficient (Wildman–Crippen LogP) is 0.570. The molecule has 0 spiro atoms. The van der Waals surface area contributed by atoms with Crippen molar-refractivity contribution in [1.82, 2.24) is 9.03 Å². The Morgan fingerprint density at radius 1 is 1.25 bits per heavy atom. The number of rotatable bonds is 8. The van der Waals surface area contributed by atoms with E-state index in [1.54, 1.807) is 13.8 Å². The molecule has 0 fully saturated rings. The molecule has 0 saturated heterocycles. The maximum Gasteiger partial charge on any atom is 0.279 e. The molecule has 2 atom stereocenters. The van der Waals surface area contributed by atoms with Crippen molar-refractivity contribution < 1.29 is 13.5 Å². The van der Waals surface area contributed by atoms with Crippen LogP contribution in [0.1, 0.15) is 34.1 Å². The van der Waals surface area contributed by atoms with E-state index in [-0.39, 0.29) is 12.5 Å². The molecule has 0 aromatic carbocycles. The number of nitrogens with zero attached hydrogens (tertiary/aromatic N) is 1. The highest BCUT2D eigenvalue weighted by Gasteiger charge is 2.20. The summed E-state index contributed by atoms with van der Waals surface area (Å²) in [5, 5.41) is 9.66. The van der Waals surface area contributed by atoms with Gasteiger partial charge in [0.25, 0.3) is 10.2 Å². The first kappa shape index (κ1) is 15.8. The van der Waals surface area contributed by atoms with Crippen molar-refractivity contribution in [3.05, 3.63) is 0 Å². The zero-order chi connectivity index (χ0) is 12.8. The maximum absolute atomic E-state index is 11.7. The average molecular weight is 252 g/mol. The topological polar surface area (TPSA) is 69.6 Å². The van der Waals surface area contributed by atoms with E-state index in [4.69, 9.17) is 0 Å². The van der Waals surface area contributed by atoms with Gasteiger partial charge in [0.15, 0.2) is 0 Å². The highest BCUT2D eigenvalue weighted by Crippen LogP contribution is 2.07. The fourth-order valence-corrected chi connectivity index (χ4v) is 2.56. The molecule has 16 heavy (non-hydrogen) atoms. The first-order valence-electron chi connectivity index (χ1n) is 5.81. The zero-order valence-electron chi connectivity index (χ0n) is 10.6. The molecular formula is C10H24N2O3S. The lowest BCUT2D eigenvalue weighted by molar-refractivity contribution is 0.118. The molecule has 2 N–H and O–H groups in total. The molecule has 2 unspecified atom stereocenters. The lowest BCUT2D eigenvalue weighted by Crippen LogP contribution is -2.44. The van der Waals surface area contributed by atoms with Crippen LogP contribution in [-0.2, 0) is 10.2 Å². The highest BCUT2D eigenvalue weighted by atomic mass is 32.2. The largest absolute Gasteiger partial charge is 0.391 e. The zero-order valence-corrected chi connectivity index (χ0v) is 11.4. The minimum Gasteiger partial charge on any atom is -0.391 e. The van der Waals surface area contributed by atoms with Crippen LogP contribution in [0.4, 0.5) is 0 Å². The summed E-state index contributed by atoms with van der Waals surface area (Å²) in [5.74, 6) is 0.0967. The van der Waals surface area contributed by atoms with E-state index in [0.29, 0.717) is 13.1 Å². The Morgan fingerprint density at radius 2 is 1.75 bits per heavy atom. The lowest BCUT2D eigenvalue weighted by atomic mass is 10.0.